The Kier molecular flexibility index (Phi) is 3.90. The number of carbonyl (C=O) groups excluding carboxylic acids is 1. The third-order valence-electron chi connectivity index (χ3n) is 3.92. The minimum absolute atomic E-state index is 0.126. The average Bonchev–Trinajstić information content (AvgIpc) is 2.87. The number of sulfone groups is 1. The third kappa shape index (κ3) is 2.59. The second-order valence-corrected chi connectivity index (χ2v) is 7.56. The Labute approximate surface area is 119 Å². The highest BCUT2D eigenvalue weighted by molar-refractivity contribution is 7.91. The SMILES string of the molecule is COC(=O)C(C)c1c(C)nn(C2CCS(=O)(=O)C2)c1C. The number of hydrogen-bond donors (Lipinski definition) is 0. The molecule has 0 bridgehead atoms. The normalized spacial score (nSPS) is 22.7. The summed E-state index contributed by atoms with van der Waals surface area (Å²) in [5.41, 5.74) is 2.44. The molecule has 112 valence electrons. The zero-order valence-electron chi connectivity index (χ0n) is 12.2. The fourth-order valence-corrected chi connectivity index (χ4v) is 4.61. The Morgan fingerprint density at radius 1 is 1.45 bits per heavy atom. The maximum Gasteiger partial charge on any atom is 0.312 e. The fourth-order valence-electron chi connectivity index (χ4n) is 2.92. The summed E-state index contributed by atoms with van der Waals surface area (Å²) in [5.74, 6) is -0.375. The monoisotopic (exact) mass is 300 g/mol. The van der Waals surface area contributed by atoms with Gasteiger partial charge in [0.2, 0.25) is 0 Å². The summed E-state index contributed by atoms with van der Waals surface area (Å²) in [4.78, 5) is 11.7. The topological polar surface area (TPSA) is 78.3 Å². The number of hydrogen-bond acceptors (Lipinski definition) is 5. The molecular formula is C13H20N2O4S. The average molecular weight is 300 g/mol. The van der Waals surface area contributed by atoms with Gasteiger partial charge in [0.15, 0.2) is 9.84 Å². The summed E-state index contributed by atoms with van der Waals surface area (Å²) in [7, 11) is -1.60. The van der Waals surface area contributed by atoms with Crippen molar-refractivity contribution in [2.75, 3.05) is 18.6 Å². The van der Waals surface area contributed by atoms with Crippen molar-refractivity contribution >= 4 is 15.8 Å². The number of rotatable bonds is 3. The summed E-state index contributed by atoms with van der Waals surface area (Å²) in [6, 6.07) is -0.128. The highest BCUT2D eigenvalue weighted by Gasteiger charge is 2.33. The van der Waals surface area contributed by atoms with Gasteiger partial charge in [0.25, 0.3) is 0 Å². The molecule has 1 aromatic heterocycles. The van der Waals surface area contributed by atoms with Crippen molar-refractivity contribution in [2.24, 2.45) is 0 Å². The van der Waals surface area contributed by atoms with E-state index in [4.69, 9.17) is 4.74 Å². The van der Waals surface area contributed by atoms with E-state index in [2.05, 4.69) is 5.10 Å². The van der Waals surface area contributed by atoms with Crippen molar-refractivity contribution in [3.8, 4) is 0 Å². The van der Waals surface area contributed by atoms with Crippen LogP contribution in [0.1, 0.15) is 42.3 Å². The van der Waals surface area contributed by atoms with Gasteiger partial charge in [-0.2, -0.15) is 5.10 Å². The summed E-state index contributed by atoms with van der Waals surface area (Å²) in [6.45, 7) is 5.49. The smallest absolute Gasteiger partial charge is 0.312 e. The molecular weight excluding hydrogens is 280 g/mol. The number of aromatic nitrogens is 2. The fraction of sp³-hybridized carbons (Fsp3) is 0.692. The lowest BCUT2D eigenvalue weighted by atomic mass is 9.99. The van der Waals surface area contributed by atoms with Crippen molar-refractivity contribution in [3.05, 3.63) is 17.0 Å². The predicted molar refractivity (Wildman–Crippen MR) is 74.4 cm³/mol. The van der Waals surface area contributed by atoms with E-state index in [1.165, 1.54) is 7.11 Å². The molecule has 0 saturated carbocycles. The highest BCUT2D eigenvalue weighted by atomic mass is 32.2. The van der Waals surface area contributed by atoms with Gasteiger partial charge < -0.3 is 4.74 Å². The molecule has 2 rings (SSSR count). The molecule has 1 aliphatic rings. The van der Waals surface area contributed by atoms with Gasteiger partial charge >= 0.3 is 5.97 Å². The van der Waals surface area contributed by atoms with E-state index in [0.717, 1.165) is 17.0 Å². The highest BCUT2D eigenvalue weighted by Crippen LogP contribution is 2.30. The van der Waals surface area contributed by atoms with Gasteiger partial charge in [0.05, 0.1) is 36.3 Å². The second kappa shape index (κ2) is 5.20. The number of nitrogens with zero attached hydrogens (tertiary/aromatic N) is 2. The van der Waals surface area contributed by atoms with Crippen LogP contribution in [0.5, 0.6) is 0 Å². The van der Waals surface area contributed by atoms with Crippen LogP contribution in [0.15, 0.2) is 0 Å². The van der Waals surface area contributed by atoms with Crippen molar-refractivity contribution in [1.29, 1.82) is 0 Å². The first-order valence-electron chi connectivity index (χ1n) is 6.60. The van der Waals surface area contributed by atoms with Crippen LogP contribution in [-0.2, 0) is 19.4 Å². The van der Waals surface area contributed by atoms with E-state index in [0.29, 0.717) is 6.42 Å². The number of ether oxygens (including phenoxy) is 1. The Bertz CT molecular complexity index is 633. The summed E-state index contributed by atoms with van der Waals surface area (Å²) in [5, 5.41) is 4.44. The van der Waals surface area contributed by atoms with Crippen molar-refractivity contribution < 1.29 is 17.9 Å². The molecule has 20 heavy (non-hydrogen) atoms. The van der Waals surface area contributed by atoms with Crippen LogP contribution < -0.4 is 0 Å². The van der Waals surface area contributed by atoms with Crippen molar-refractivity contribution in [1.82, 2.24) is 9.78 Å². The van der Waals surface area contributed by atoms with Crippen LogP contribution in [0.25, 0.3) is 0 Å². The molecule has 0 N–H and O–H groups in total. The van der Waals surface area contributed by atoms with Crippen molar-refractivity contribution in [2.45, 2.75) is 39.2 Å². The molecule has 0 radical (unpaired) electrons. The van der Waals surface area contributed by atoms with E-state index < -0.39 is 15.8 Å². The van der Waals surface area contributed by atoms with Crippen molar-refractivity contribution in [3.63, 3.8) is 0 Å². The molecule has 0 amide bonds. The predicted octanol–water partition coefficient (Wildman–Crippen LogP) is 1.14. The minimum atomic E-state index is -2.96. The van der Waals surface area contributed by atoms with Gasteiger partial charge in [-0.3, -0.25) is 9.48 Å². The molecule has 1 fully saturated rings. The molecule has 0 aromatic carbocycles. The lowest BCUT2D eigenvalue weighted by Crippen LogP contribution is -2.15. The number of methoxy groups -OCH3 is 1. The van der Waals surface area contributed by atoms with Gasteiger partial charge in [-0.25, -0.2) is 8.42 Å². The maximum absolute atomic E-state index is 11.7. The van der Waals surface area contributed by atoms with Crippen LogP contribution >= 0.6 is 0 Å². The van der Waals surface area contributed by atoms with E-state index in [1.807, 2.05) is 13.8 Å². The van der Waals surface area contributed by atoms with Gasteiger partial charge in [-0.05, 0) is 27.2 Å². The van der Waals surface area contributed by atoms with Crippen LogP contribution in [-0.4, -0.2) is 42.8 Å². The molecule has 2 unspecified atom stereocenters. The summed E-state index contributed by atoms with van der Waals surface area (Å²) < 4.78 is 29.7. The molecule has 2 heterocycles. The van der Waals surface area contributed by atoms with Crippen LogP contribution in [0.4, 0.5) is 0 Å². The molecule has 0 aliphatic carbocycles. The molecule has 1 aromatic rings. The molecule has 6 nitrogen and oxygen atoms in total. The first-order valence-corrected chi connectivity index (χ1v) is 8.43. The summed E-state index contributed by atoms with van der Waals surface area (Å²) in [6.07, 6.45) is 0.580. The Morgan fingerprint density at radius 2 is 2.10 bits per heavy atom. The van der Waals surface area contributed by atoms with E-state index >= 15 is 0 Å². The minimum Gasteiger partial charge on any atom is -0.469 e. The largest absolute Gasteiger partial charge is 0.469 e. The second-order valence-electron chi connectivity index (χ2n) is 5.33. The number of carbonyl (C=O) groups is 1. The Hall–Kier alpha value is -1.37. The van der Waals surface area contributed by atoms with Gasteiger partial charge in [-0.1, -0.05) is 0 Å². The lowest BCUT2D eigenvalue weighted by Gasteiger charge is -2.13. The van der Waals surface area contributed by atoms with E-state index in [-0.39, 0.29) is 23.5 Å². The summed E-state index contributed by atoms with van der Waals surface area (Å²) >= 11 is 0. The standard InChI is InChI=1S/C13H20N2O4S/c1-8(13(16)19-4)12-9(2)14-15(10(12)3)11-5-6-20(17,18)7-11/h8,11H,5-7H2,1-4H3. The Morgan fingerprint density at radius 3 is 2.60 bits per heavy atom. The molecule has 2 atom stereocenters. The van der Waals surface area contributed by atoms with Crippen LogP contribution in [0.2, 0.25) is 0 Å². The maximum atomic E-state index is 11.7. The molecule has 1 saturated heterocycles. The van der Waals surface area contributed by atoms with Gasteiger partial charge in [0.1, 0.15) is 0 Å². The number of aryl methyl sites for hydroxylation is 1. The molecule has 1 aliphatic heterocycles. The molecule has 7 heteroatoms. The van der Waals surface area contributed by atoms with Gasteiger partial charge in [-0.15, -0.1) is 0 Å². The lowest BCUT2D eigenvalue weighted by molar-refractivity contribution is -0.142. The zero-order chi connectivity index (χ0) is 15.1. The first kappa shape index (κ1) is 15.0. The van der Waals surface area contributed by atoms with Crippen LogP contribution in [0.3, 0.4) is 0 Å². The quantitative estimate of drug-likeness (QED) is 0.782. The van der Waals surface area contributed by atoms with Gasteiger partial charge in [0, 0.05) is 11.3 Å². The van der Waals surface area contributed by atoms with E-state index in [1.54, 1.807) is 11.6 Å². The Balaban J connectivity index is 2.37. The third-order valence-corrected chi connectivity index (χ3v) is 5.67. The molecule has 0 spiro atoms. The zero-order valence-corrected chi connectivity index (χ0v) is 13.0. The first-order chi connectivity index (χ1) is 9.26. The van der Waals surface area contributed by atoms with E-state index in [9.17, 15) is 13.2 Å². The van der Waals surface area contributed by atoms with Crippen LogP contribution in [0, 0.1) is 13.8 Å². The number of esters is 1.